The van der Waals surface area contributed by atoms with Crippen LogP contribution in [0.15, 0.2) is 12.4 Å². The smallest absolute Gasteiger partial charge is 0.222 e. The first-order chi connectivity index (χ1) is 8.51. The molecule has 0 atom stereocenters. The molecule has 1 aliphatic heterocycles. The number of nitrogens with one attached hydrogen (secondary N) is 1. The highest BCUT2D eigenvalue weighted by atomic mass is 32.2. The van der Waals surface area contributed by atoms with Crippen molar-refractivity contribution in [2.45, 2.75) is 13.8 Å². The highest BCUT2D eigenvalue weighted by Crippen LogP contribution is 2.19. The molecule has 2 heterocycles. The van der Waals surface area contributed by atoms with Crippen LogP contribution in [0.1, 0.15) is 12.5 Å². The minimum absolute atomic E-state index is 0.175. The Morgan fingerprint density at radius 1 is 1.39 bits per heavy atom. The van der Waals surface area contributed by atoms with E-state index in [0.29, 0.717) is 31.5 Å². The summed E-state index contributed by atoms with van der Waals surface area (Å²) in [4.78, 5) is 8.28. The van der Waals surface area contributed by atoms with Crippen molar-refractivity contribution in [2.24, 2.45) is 5.92 Å². The van der Waals surface area contributed by atoms with E-state index in [1.165, 1.54) is 4.31 Å². The Balaban J connectivity index is 1.76. The third kappa shape index (κ3) is 2.97. The molecule has 1 aromatic rings. The first-order valence-corrected chi connectivity index (χ1v) is 7.62. The van der Waals surface area contributed by atoms with E-state index in [4.69, 9.17) is 0 Å². The minimum atomic E-state index is -3.01. The van der Waals surface area contributed by atoms with E-state index in [-0.39, 0.29) is 5.75 Å². The van der Waals surface area contributed by atoms with Crippen molar-refractivity contribution < 1.29 is 8.42 Å². The normalized spacial score (nSPS) is 17.4. The first kappa shape index (κ1) is 13.2. The highest BCUT2D eigenvalue weighted by Gasteiger charge is 2.34. The van der Waals surface area contributed by atoms with Crippen molar-refractivity contribution in [3.8, 4) is 0 Å². The maximum absolute atomic E-state index is 11.5. The second-order valence-corrected chi connectivity index (χ2v) is 6.81. The van der Waals surface area contributed by atoms with Crippen LogP contribution < -0.4 is 5.32 Å². The van der Waals surface area contributed by atoms with Crippen LogP contribution >= 0.6 is 0 Å². The van der Waals surface area contributed by atoms with Crippen LogP contribution in [0, 0.1) is 12.8 Å². The Morgan fingerprint density at radius 3 is 2.56 bits per heavy atom. The first-order valence-electron chi connectivity index (χ1n) is 6.01. The van der Waals surface area contributed by atoms with Crippen LogP contribution in [0.2, 0.25) is 0 Å². The van der Waals surface area contributed by atoms with E-state index in [2.05, 4.69) is 15.3 Å². The Morgan fingerprint density at radius 2 is 2.00 bits per heavy atom. The summed E-state index contributed by atoms with van der Waals surface area (Å²) in [6, 6.07) is 0. The average molecular weight is 270 g/mol. The third-order valence-electron chi connectivity index (χ3n) is 3.01. The van der Waals surface area contributed by atoms with E-state index >= 15 is 0 Å². The van der Waals surface area contributed by atoms with Crippen LogP contribution in [-0.4, -0.2) is 48.1 Å². The molecule has 0 radical (unpaired) electrons. The van der Waals surface area contributed by atoms with Gasteiger partial charge in [-0.25, -0.2) is 22.7 Å². The maximum atomic E-state index is 11.5. The fourth-order valence-electron chi connectivity index (χ4n) is 1.78. The van der Waals surface area contributed by atoms with Gasteiger partial charge in [-0.1, -0.05) is 0 Å². The van der Waals surface area contributed by atoms with Gasteiger partial charge in [0, 0.05) is 37.9 Å². The van der Waals surface area contributed by atoms with Gasteiger partial charge < -0.3 is 5.32 Å². The fraction of sp³-hybridized carbons (Fsp3) is 0.636. The average Bonchev–Trinajstić information content (AvgIpc) is 2.29. The van der Waals surface area contributed by atoms with Crippen LogP contribution in [0.5, 0.6) is 0 Å². The molecule has 0 bridgehead atoms. The summed E-state index contributed by atoms with van der Waals surface area (Å²) in [5.41, 5.74) is 1.02. The number of nitrogens with zero attached hydrogens (tertiary/aromatic N) is 3. The molecule has 6 nitrogen and oxygen atoms in total. The number of hydrogen-bond donors (Lipinski definition) is 1. The quantitative estimate of drug-likeness (QED) is 0.842. The van der Waals surface area contributed by atoms with E-state index < -0.39 is 10.0 Å². The van der Waals surface area contributed by atoms with Crippen molar-refractivity contribution in [1.29, 1.82) is 0 Å². The van der Waals surface area contributed by atoms with Gasteiger partial charge in [-0.05, 0) is 19.4 Å². The number of rotatable bonds is 5. The monoisotopic (exact) mass is 270 g/mol. The summed E-state index contributed by atoms with van der Waals surface area (Å²) in [6.45, 7) is 5.49. The van der Waals surface area contributed by atoms with E-state index in [1.807, 2.05) is 6.92 Å². The molecule has 1 N–H and O–H groups in total. The van der Waals surface area contributed by atoms with Crippen molar-refractivity contribution in [3.63, 3.8) is 0 Å². The number of sulfonamides is 1. The molecule has 1 aromatic heterocycles. The number of hydrogen-bond acceptors (Lipinski definition) is 5. The Kier molecular flexibility index (Phi) is 3.82. The molecule has 0 aliphatic carbocycles. The van der Waals surface area contributed by atoms with Crippen molar-refractivity contribution >= 4 is 16.0 Å². The minimum Gasteiger partial charge on any atom is -0.354 e. The van der Waals surface area contributed by atoms with Gasteiger partial charge in [0.25, 0.3) is 0 Å². The van der Waals surface area contributed by atoms with Gasteiger partial charge in [-0.15, -0.1) is 0 Å². The largest absolute Gasteiger partial charge is 0.354 e. The lowest BCUT2D eigenvalue weighted by molar-refractivity contribution is 0.211. The molecule has 18 heavy (non-hydrogen) atoms. The lowest BCUT2D eigenvalue weighted by Gasteiger charge is -2.37. The van der Waals surface area contributed by atoms with Crippen LogP contribution in [0.25, 0.3) is 0 Å². The van der Waals surface area contributed by atoms with E-state index in [9.17, 15) is 8.42 Å². The van der Waals surface area contributed by atoms with Gasteiger partial charge in [-0.2, -0.15) is 0 Å². The summed E-state index contributed by atoms with van der Waals surface area (Å²) in [6.07, 6.45) is 3.51. The summed E-state index contributed by atoms with van der Waals surface area (Å²) >= 11 is 0. The molecule has 0 amide bonds. The van der Waals surface area contributed by atoms with Crippen molar-refractivity contribution in [2.75, 3.05) is 30.7 Å². The van der Waals surface area contributed by atoms with Gasteiger partial charge in [0.15, 0.2) is 0 Å². The number of aromatic nitrogens is 2. The van der Waals surface area contributed by atoms with Crippen LogP contribution in [-0.2, 0) is 10.0 Å². The molecule has 1 fully saturated rings. The zero-order chi connectivity index (χ0) is 13.2. The molecule has 2 rings (SSSR count). The molecule has 1 saturated heterocycles. The van der Waals surface area contributed by atoms with Gasteiger partial charge >= 0.3 is 0 Å². The zero-order valence-corrected chi connectivity index (χ0v) is 11.4. The molecule has 100 valence electrons. The molecule has 0 saturated carbocycles. The third-order valence-corrected chi connectivity index (χ3v) is 4.83. The lowest BCUT2D eigenvalue weighted by Crippen LogP contribution is -2.52. The van der Waals surface area contributed by atoms with Gasteiger partial charge in [0.2, 0.25) is 16.0 Å². The standard InChI is InChI=1S/C11H18N4O2S/c1-3-18(16,17)15-7-10(8-15)6-14-11-12-4-9(2)5-13-11/h4-5,10H,3,6-8H2,1-2H3,(H,12,13,14). The number of aryl methyl sites for hydroxylation is 1. The topological polar surface area (TPSA) is 75.2 Å². The van der Waals surface area contributed by atoms with Crippen molar-refractivity contribution in [1.82, 2.24) is 14.3 Å². The van der Waals surface area contributed by atoms with Crippen LogP contribution in [0.4, 0.5) is 5.95 Å². The maximum Gasteiger partial charge on any atom is 0.222 e. The van der Waals surface area contributed by atoms with Crippen LogP contribution in [0.3, 0.4) is 0 Å². The lowest BCUT2D eigenvalue weighted by atomic mass is 10.0. The molecular formula is C11H18N4O2S. The highest BCUT2D eigenvalue weighted by molar-refractivity contribution is 7.89. The Hall–Kier alpha value is -1.21. The Bertz CT molecular complexity index is 494. The molecular weight excluding hydrogens is 252 g/mol. The van der Waals surface area contributed by atoms with E-state index in [1.54, 1.807) is 19.3 Å². The molecule has 7 heteroatoms. The second kappa shape index (κ2) is 5.19. The van der Waals surface area contributed by atoms with E-state index in [0.717, 1.165) is 5.56 Å². The molecule has 0 aromatic carbocycles. The van der Waals surface area contributed by atoms with Gasteiger partial charge in [0.05, 0.1) is 5.75 Å². The SMILES string of the molecule is CCS(=O)(=O)N1CC(CNc2ncc(C)cn2)C1. The number of anilines is 1. The summed E-state index contributed by atoms with van der Waals surface area (Å²) in [5, 5.41) is 3.12. The fourth-order valence-corrected chi connectivity index (χ4v) is 3.02. The molecule has 0 spiro atoms. The van der Waals surface area contributed by atoms with Gasteiger partial charge in [-0.3, -0.25) is 0 Å². The molecule has 1 aliphatic rings. The Labute approximate surface area is 107 Å². The van der Waals surface area contributed by atoms with Crippen molar-refractivity contribution in [3.05, 3.63) is 18.0 Å². The zero-order valence-electron chi connectivity index (χ0n) is 10.6. The summed E-state index contributed by atoms with van der Waals surface area (Å²) in [5.74, 6) is 1.11. The van der Waals surface area contributed by atoms with Gasteiger partial charge in [0.1, 0.15) is 0 Å². The summed E-state index contributed by atoms with van der Waals surface area (Å²) < 4.78 is 24.6. The predicted octanol–water partition coefficient (Wildman–Crippen LogP) is 0.478. The second-order valence-electron chi connectivity index (χ2n) is 4.55. The summed E-state index contributed by atoms with van der Waals surface area (Å²) in [7, 11) is -3.01. The predicted molar refractivity (Wildman–Crippen MR) is 69.8 cm³/mol. The molecule has 0 unspecified atom stereocenters.